The number of carbonyl (C=O) groups is 1. The fraction of sp³-hybridized carbons (Fsp3) is 0.781. The largest absolute Gasteiger partial charge is 0.496 e. The number of rotatable bonds is 8. The molecule has 1 spiro atoms. The van der Waals surface area contributed by atoms with Crippen LogP contribution in [-0.2, 0) is 18.9 Å². The number of carbonyl (C=O) groups excluding carboxylic acids is 1. The van der Waals surface area contributed by atoms with Crippen LogP contribution >= 0.6 is 0 Å². The molecule has 12 atom stereocenters. The van der Waals surface area contributed by atoms with E-state index in [0.717, 1.165) is 45.2 Å². The first kappa shape index (κ1) is 27.1. The van der Waals surface area contributed by atoms with Gasteiger partial charge in [-0.2, -0.15) is 0 Å². The summed E-state index contributed by atoms with van der Waals surface area (Å²) in [5.41, 5.74) is -0.385. The van der Waals surface area contributed by atoms with Crippen molar-refractivity contribution in [2.24, 2.45) is 40.4 Å². The van der Waals surface area contributed by atoms with Crippen molar-refractivity contribution >= 4 is 5.97 Å². The number of methoxy groups -OCH3 is 4. The first-order valence-electron chi connectivity index (χ1n) is 15.2. The van der Waals surface area contributed by atoms with Crippen molar-refractivity contribution in [2.45, 2.75) is 69.0 Å². The summed E-state index contributed by atoms with van der Waals surface area (Å²) in [7, 11) is 7.13. The van der Waals surface area contributed by atoms with E-state index in [1.54, 1.807) is 19.2 Å². The molecule has 1 saturated heterocycles. The minimum atomic E-state index is -0.391. The van der Waals surface area contributed by atoms with Crippen molar-refractivity contribution in [3.8, 4) is 5.75 Å². The third-order valence-electron chi connectivity index (χ3n) is 12.9. The number of hydrogen-bond donors (Lipinski definition) is 1. The topological polar surface area (TPSA) is 86.7 Å². The lowest BCUT2D eigenvalue weighted by atomic mass is 9.43. The van der Waals surface area contributed by atoms with E-state index in [0.29, 0.717) is 23.8 Å². The highest BCUT2D eigenvalue weighted by Gasteiger charge is 2.84. The number of aliphatic hydroxyl groups excluding tert-OH is 1. The van der Waals surface area contributed by atoms with Crippen LogP contribution in [0.25, 0.3) is 0 Å². The van der Waals surface area contributed by atoms with Gasteiger partial charge in [-0.05, 0) is 56.2 Å². The van der Waals surface area contributed by atoms with E-state index in [-0.39, 0.29) is 64.3 Å². The molecule has 1 aliphatic heterocycles. The molecule has 8 nitrogen and oxygen atoms in total. The Hall–Kier alpha value is -1.71. The normalized spacial score (nSPS) is 48.2. The van der Waals surface area contributed by atoms with Crippen molar-refractivity contribution < 1.29 is 33.6 Å². The summed E-state index contributed by atoms with van der Waals surface area (Å²) in [4.78, 5) is 16.0. The minimum Gasteiger partial charge on any atom is -0.496 e. The standard InChI is InChI=1S/C32H45NO7/c1-6-33-16-30(17-40-29(35)18-9-7-8-10-22(18)36-2)12-11-25(34)32-20-13-19-23(37-3)15-31(39-5,26(20)27(19)38-4)21(28(32)33)14-24(30)32/h7-10,19-21,23-28,34H,6,11-17H2,1-5H3. The number of nitrogens with zero attached hydrogens (tertiary/aromatic N) is 1. The molecule has 8 heteroatoms. The molecule has 0 aromatic heterocycles. The summed E-state index contributed by atoms with van der Waals surface area (Å²) in [6.45, 7) is 4.37. The Morgan fingerprint density at radius 3 is 2.60 bits per heavy atom. The molecule has 220 valence electrons. The van der Waals surface area contributed by atoms with Gasteiger partial charge in [-0.3, -0.25) is 4.90 Å². The second-order valence-electron chi connectivity index (χ2n) is 13.5. The van der Waals surface area contributed by atoms with E-state index in [1.807, 2.05) is 33.5 Å². The van der Waals surface area contributed by atoms with Gasteiger partial charge in [0.25, 0.3) is 0 Å². The number of likely N-dealkylation sites (tertiary alicyclic amines) is 1. The number of piperidine rings is 1. The van der Waals surface area contributed by atoms with Gasteiger partial charge in [-0.1, -0.05) is 19.1 Å². The number of benzene rings is 1. The van der Waals surface area contributed by atoms with Crippen molar-refractivity contribution in [1.82, 2.24) is 4.90 Å². The van der Waals surface area contributed by atoms with Crippen molar-refractivity contribution in [3.05, 3.63) is 29.8 Å². The number of para-hydroxylation sites is 1. The van der Waals surface area contributed by atoms with Crippen LogP contribution in [0.4, 0.5) is 0 Å². The summed E-state index contributed by atoms with van der Waals surface area (Å²) in [5.74, 6) is 1.50. The van der Waals surface area contributed by atoms with Crippen LogP contribution in [-0.4, -0.2) is 94.1 Å². The number of esters is 1. The molecule has 0 radical (unpaired) electrons. The Kier molecular flexibility index (Phi) is 6.38. The van der Waals surface area contributed by atoms with Gasteiger partial charge in [0.15, 0.2) is 0 Å². The monoisotopic (exact) mass is 555 g/mol. The van der Waals surface area contributed by atoms with E-state index >= 15 is 0 Å². The SMILES string of the molecule is CCN1CC2(COC(=O)c3ccccc3OC)CCC(O)C34C5CC6C(OC)CC(OC)(C(CC23)C14)C5C6OC. The van der Waals surface area contributed by atoms with Gasteiger partial charge in [-0.15, -0.1) is 0 Å². The molecule has 5 aliphatic carbocycles. The minimum absolute atomic E-state index is 0.0594. The number of fused-ring (bicyclic) bond motifs is 2. The van der Waals surface area contributed by atoms with Crippen LogP contribution in [0.1, 0.15) is 49.4 Å². The quantitative estimate of drug-likeness (QED) is 0.489. The maximum Gasteiger partial charge on any atom is 0.341 e. The van der Waals surface area contributed by atoms with Crippen LogP contribution in [0.15, 0.2) is 24.3 Å². The molecule has 5 saturated carbocycles. The van der Waals surface area contributed by atoms with Crippen LogP contribution in [0.3, 0.4) is 0 Å². The van der Waals surface area contributed by atoms with Crippen molar-refractivity contribution in [3.63, 3.8) is 0 Å². The molecule has 6 aliphatic rings. The molecule has 0 amide bonds. The lowest BCUT2D eigenvalue weighted by Gasteiger charge is -2.69. The molecule has 7 bridgehead atoms. The van der Waals surface area contributed by atoms with Gasteiger partial charge in [0.2, 0.25) is 0 Å². The first-order valence-corrected chi connectivity index (χ1v) is 15.2. The summed E-state index contributed by atoms with van der Waals surface area (Å²) < 4.78 is 30.8. The van der Waals surface area contributed by atoms with Gasteiger partial charge in [0.1, 0.15) is 11.3 Å². The lowest BCUT2D eigenvalue weighted by Crippen LogP contribution is -2.76. The number of aliphatic hydroxyl groups is 1. The van der Waals surface area contributed by atoms with Gasteiger partial charge in [0, 0.05) is 68.9 Å². The summed E-state index contributed by atoms with van der Waals surface area (Å²) in [6.07, 6.45) is 4.18. The Morgan fingerprint density at radius 1 is 1.10 bits per heavy atom. The maximum atomic E-state index is 13.4. The van der Waals surface area contributed by atoms with Gasteiger partial charge in [0.05, 0.1) is 37.6 Å². The third kappa shape index (κ3) is 3.12. The summed E-state index contributed by atoms with van der Waals surface area (Å²) in [5, 5.41) is 12.2. The predicted molar refractivity (Wildman–Crippen MR) is 147 cm³/mol. The number of hydrogen-bond acceptors (Lipinski definition) is 8. The third-order valence-corrected chi connectivity index (χ3v) is 12.9. The van der Waals surface area contributed by atoms with Crippen molar-refractivity contribution in [2.75, 3.05) is 48.1 Å². The van der Waals surface area contributed by atoms with E-state index in [1.165, 1.54) is 0 Å². The smallest absolute Gasteiger partial charge is 0.341 e. The van der Waals surface area contributed by atoms with Gasteiger partial charge in [-0.25, -0.2) is 4.79 Å². The van der Waals surface area contributed by atoms with Crippen LogP contribution < -0.4 is 4.74 Å². The zero-order valence-corrected chi connectivity index (χ0v) is 24.5. The highest BCUT2D eigenvalue weighted by molar-refractivity contribution is 5.92. The molecule has 12 unspecified atom stereocenters. The molecule has 6 fully saturated rings. The summed E-state index contributed by atoms with van der Waals surface area (Å²) >= 11 is 0. The number of ether oxygens (including phenoxy) is 5. The zero-order valence-electron chi connectivity index (χ0n) is 24.5. The molecule has 1 N–H and O–H groups in total. The lowest BCUT2D eigenvalue weighted by molar-refractivity contribution is -0.279. The van der Waals surface area contributed by atoms with Gasteiger partial charge >= 0.3 is 5.97 Å². The fourth-order valence-corrected chi connectivity index (χ4v) is 11.8. The van der Waals surface area contributed by atoms with Crippen LogP contribution in [0.5, 0.6) is 5.75 Å². The highest BCUT2D eigenvalue weighted by atomic mass is 16.5. The van der Waals surface area contributed by atoms with Crippen LogP contribution in [0.2, 0.25) is 0 Å². The molecular formula is C32H45NO7. The van der Waals surface area contributed by atoms with E-state index in [4.69, 9.17) is 23.7 Å². The molecule has 1 heterocycles. The van der Waals surface area contributed by atoms with Crippen molar-refractivity contribution in [1.29, 1.82) is 0 Å². The zero-order chi connectivity index (χ0) is 28.0. The maximum absolute atomic E-state index is 13.4. The summed E-state index contributed by atoms with van der Waals surface area (Å²) in [6, 6.07) is 7.50. The average Bonchev–Trinajstić information content (AvgIpc) is 3.45. The second kappa shape index (κ2) is 9.40. The van der Waals surface area contributed by atoms with E-state index in [2.05, 4.69) is 11.8 Å². The Labute approximate surface area is 237 Å². The molecule has 40 heavy (non-hydrogen) atoms. The Balaban J connectivity index is 1.31. The fourth-order valence-electron chi connectivity index (χ4n) is 11.8. The molecule has 1 aromatic rings. The Bertz CT molecular complexity index is 1160. The average molecular weight is 556 g/mol. The molecular weight excluding hydrogens is 510 g/mol. The molecule has 7 rings (SSSR count). The predicted octanol–water partition coefficient (Wildman–Crippen LogP) is 3.40. The molecule has 1 aromatic carbocycles. The van der Waals surface area contributed by atoms with Gasteiger partial charge < -0.3 is 28.8 Å². The van der Waals surface area contributed by atoms with E-state index in [9.17, 15) is 9.90 Å². The van der Waals surface area contributed by atoms with Crippen LogP contribution in [0, 0.1) is 40.4 Å². The first-order chi connectivity index (χ1) is 19.4. The highest BCUT2D eigenvalue weighted by Crippen LogP contribution is 2.79. The second-order valence-corrected chi connectivity index (χ2v) is 13.5. The van der Waals surface area contributed by atoms with E-state index < -0.39 is 6.10 Å². The Morgan fingerprint density at radius 2 is 1.90 bits per heavy atom.